The van der Waals surface area contributed by atoms with Crippen molar-refractivity contribution in [2.75, 3.05) is 6.54 Å². The fourth-order valence-corrected chi connectivity index (χ4v) is 4.28. The Morgan fingerprint density at radius 1 is 1.26 bits per heavy atom. The summed E-state index contributed by atoms with van der Waals surface area (Å²) in [7, 11) is 0. The molecule has 1 amide bonds. The zero-order valence-corrected chi connectivity index (χ0v) is 17.8. The van der Waals surface area contributed by atoms with Crippen LogP contribution in [0.25, 0.3) is 6.08 Å². The molecule has 1 aliphatic heterocycles. The summed E-state index contributed by atoms with van der Waals surface area (Å²) in [6.45, 7) is 4.03. The van der Waals surface area contributed by atoms with Crippen molar-refractivity contribution in [2.24, 2.45) is 0 Å². The van der Waals surface area contributed by atoms with E-state index in [9.17, 15) is 9.59 Å². The third-order valence-electron chi connectivity index (χ3n) is 3.65. The predicted molar refractivity (Wildman–Crippen MR) is 121 cm³/mol. The van der Waals surface area contributed by atoms with Crippen molar-refractivity contribution in [1.29, 1.82) is 0 Å². The molecule has 2 aromatic rings. The zero-order chi connectivity index (χ0) is 19.4. The Kier molecular flexibility index (Phi) is 6.46. The molecule has 0 aromatic heterocycles. The van der Waals surface area contributed by atoms with E-state index in [1.54, 1.807) is 42.5 Å². The molecule has 136 valence electrons. The third kappa shape index (κ3) is 4.66. The molecule has 1 saturated heterocycles. The largest absolute Gasteiger partial charge is 0.423 e. The summed E-state index contributed by atoms with van der Waals surface area (Å²) in [5, 5.41) is 0. The molecule has 2 aromatic carbocycles. The molecule has 7 heteroatoms. The summed E-state index contributed by atoms with van der Waals surface area (Å²) in [5.41, 5.74) is 1.26. The number of ether oxygens (including phenoxy) is 1. The molecule has 0 unspecified atom stereocenters. The topological polar surface area (TPSA) is 46.6 Å². The van der Waals surface area contributed by atoms with Crippen LogP contribution in [0.5, 0.6) is 5.75 Å². The van der Waals surface area contributed by atoms with E-state index in [2.05, 4.69) is 29.2 Å². The minimum Gasteiger partial charge on any atom is -0.423 e. The van der Waals surface area contributed by atoms with Crippen LogP contribution < -0.4 is 4.74 Å². The molecule has 27 heavy (non-hydrogen) atoms. The summed E-state index contributed by atoms with van der Waals surface area (Å²) < 4.78 is 6.81. The van der Waals surface area contributed by atoms with E-state index < -0.39 is 5.97 Å². The molecule has 1 aliphatic rings. The number of benzene rings is 2. The Morgan fingerprint density at radius 3 is 2.78 bits per heavy atom. The Hall–Kier alpha value is -1.97. The van der Waals surface area contributed by atoms with Gasteiger partial charge in [-0.15, -0.1) is 6.58 Å². The van der Waals surface area contributed by atoms with Crippen LogP contribution in [0.3, 0.4) is 0 Å². The fourth-order valence-electron chi connectivity index (χ4n) is 2.39. The number of esters is 1. The van der Waals surface area contributed by atoms with Crippen LogP contribution in [0.2, 0.25) is 0 Å². The number of thiocarbonyl (C=S) groups is 1. The Bertz CT molecular complexity index is 971. The maximum absolute atomic E-state index is 12.4. The van der Waals surface area contributed by atoms with Gasteiger partial charge in [-0.05, 0) is 58.5 Å². The smallest absolute Gasteiger partial charge is 0.344 e. The molecule has 0 aliphatic carbocycles. The minimum absolute atomic E-state index is 0.147. The summed E-state index contributed by atoms with van der Waals surface area (Å²) in [5.74, 6) is -0.157. The molecule has 4 nitrogen and oxygen atoms in total. The lowest BCUT2D eigenvalue weighted by molar-refractivity contribution is -0.121. The fraction of sp³-hybridized carbons (Fsp3) is 0.0500. The highest BCUT2D eigenvalue weighted by molar-refractivity contribution is 14.1. The second-order valence-corrected chi connectivity index (χ2v) is 8.36. The SMILES string of the molecule is C=CCN1C(=O)/C(=C/c2cccc(OC(=O)c3ccccc3I)c2)SC1=S. The number of carbonyl (C=O) groups excluding carboxylic acids is 2. The number of hydrogen-bond donors (Lipinski definition) is 0. The maximum Gasteiger partial charge on any atom is 0.344 e. The highest BCUT2D eigenvalue weighted by Crippen LogP contribution is 2.32. The number of hydrogen-bond acceptors (Lipinski definition) is 5. The van der Waals surface area contributed by atoms with E-state index in [1.165, 1.54) is 16.7 Å². The Balaban J connectivity index is 1.79. The first-order valence-corrected chi connectivity index (χ1v) is 10.2. The van der Waals surface area contributed by atoms with E-state index in [0.717, 1.165) is 9.13 Å². The molecule has 3 rings (SSSR count). The first-order valence-electron chi connectivity index (χ1n) is 7.92. The van der Waals surface area contributed by atoms with Crippen molar-refractivity contribution < 1.29 is 14.3 Å². The molecule has 0 N–H and O–H groups in total. The van der Waals surface area contributed by atoms with E-state index >= 15 is 0 Å². The van der Waals surface area contributed by atoms with Crippen molar-refractivity contribution >= 4 is 68.8 Å². The van der Waals surface area contributed by atoms with Gasteiger partial charge in [0.25, 0.3) is 5.91 Å². The van der Waals surface area contributed by atoms with Crippen LogP contribution in [-0.4, -0.2) is 27.6 Å². The van der Waals surface area contributed by atoms with E-state index in [0.29, 0.717) is 27.1 Å². The lowest BCUT2D eigenvalue weighted by Crippen LogP contribution is -2.27. The zero-order valence-electron chi connectivity index (χ0n) is 14.1. The summed E-state index contributed by atoms with van der Waals surface area (Å²) in [6.07, 6.45) is 3.38. The van der Waals surface area contributed by atoms with Crippen molar-refractivity contribution in [3.05, 3.63) is 80.8 Å². The lowest BCUT2D eigenvalue weighted by atomic mass is 10.2. The molecular formula is C20H14INO3S2. The van der Waals surface area contributed by atoms with Crippen LogP contribution in [0.15, 0.2) is 66.1 Å². The molecule has 0 radical (unpaired) electrons. The van der Waals surface area contributed by atoms with Crippen LogP contribution in [-0.2, 0) is 4.79 Å². The number of nitrogens with zero attached hydrogens (tertiary/aromatic N) is 1. The van der Waals surface area contributed by atoms with Crippen molar-refractivity contribution in [2.45, 2.75) is 0 Å². The van der Waals surface area contributed by atoms with Gasteiger partial charge in [-0.1, -0.05) is 54.3 Å². The van der Waals surface area contributed by atoms with Crippen molar-refractivity contribution in [3.63, 3.8) is 0 Å². The normalized spacial score (nSPS) is 15.3. The van der Waals surface area contributed by atoms with Gasteiger partial charge in [-0.2, -0.15) is 0 Å². The van der Waals surface area contributed by atoms with Crippen LogP contribution in [0, 0.1) is 3.57 Å². The number of halogens is 1. The monoisotopic (exact) mass is 507 g/mol. The molecule has 0 saturated carbocycles. The second-order valence-electron chi connectivity index (χ2n) is 5.52. The third-order valence-corrected chi connectivity index (χ3v) is 5.96. The highest BCUT2D eigenvalue weighted by atomic mass is 127. The maximum atomic E-state index is 12.4. The standard InChI is InChI=1S/C20H14INO3S2/c1-2-10-22-18(23)17(27-20(22)26)12-13-6-5-7-14(11-13)25-19(24)15-8-3-4-9-16(15)21/h2-9,11-12H,1,10H2/b17-12-. The van der Waals surface area contributed by atoms with Gasteiger partial charge in [0.15, 0.2) is 0 Å². The number of amides is 1. The van der Waals surface area contributed by atoms with E-state index in [4.69, 9.17) is 17.0 Å². The van der Waals surface area contributed by atoms with E-state index in [-0.39, 0.29) is 5.91 Å². The average Bonchev–Trinajstić information content (AvgIpc) is 2.90. The molecule has 1 fully saturated rings. The van der Waals surface area contributed by atoms with Gasteiger partial charge in [0.2, 0.25) is 0 Å². The molecule has 1 heterocycles. The molecule has 0 atom stereocenters. The molecule has 0 spiro atoms. The minimum atomic E-state index is -0.422. The van der Waals surface area contributed by atoms with E-state index in [1.807, 2.05) is 18.2 Å². The number of rotatable bonds is 5. The number of carbonyl (C=O) groups is 2. The Labute approximate surface area is 180 Å². The van der Waals surface area contributed by atoms with Gasteiger partial charge >= 0.3 is 5.97 Å². The lowest BCUT2D eigenvalue weighted by Gasteiger charge is -2.10. The molecular weight excluding hydrogens is 493 g/mol. The Morgan fingerprint density at radius 2 is 2.04 bits per heavy atom. The van der Waals surface area contributed by atoms with Gasteiger partial charge < -0.3 is 4.74 Å². The van der Waals surface area contributed by atoms with Crippen molar-refractivity contribution in [1.82, 2.24) is 4.90 Å². The van der Waals surface area contributed by atoms with Crippen LogP contribution in [0.1, 0.15) is 15.9 Å². The number of thioether (sulfide) groups is 1. The first-order chi connectivity index (χ1) is 13.0. The summed E-state index contributed by atoms with van der Waals surface area (Å²) in [4.78, 5) is 26.8. The summed E-state index contributed by atoms with van der Waals surface area (Å²) >= 11 is 8.58. The van der Waals surface area contributed by atoms with Gasteiger partial charge in [0, 0.05) is 10.1 Å². The van der Waals surface area contributed by atoms with Gasteiger partial charge in [-0.25, -0.2) is 4.79 Å². The van der Waals surface area contributed by atoms with Crippen LogP contribution >= 0.6 is 46.6 Å². The quantitative estimate of drug-likeness (QED) is 0.144. The summed E-state index contributed by atoms with van der Waals surface area (Å²) in [6, 6.07) is 14.3. The predicted octanol–water partition coefficient (Wildman–Crippen LogP) is 4.90. The van der Waals surface area contributed by atoms with Crippen LogP contribution in [0.4, 0.5) is 0 Å². The van der Waals surface area contributed by atoms with Crippen molar-refractivity contribution in [3.8, 4) is 5.75 Å². The average molecular weight is 507 g/mol. The van der Waals surface area contributed by atoms with Gasteiger partial charge in [0.1, 0.15) is 10.1 Å². The highest BCUT2D eigenvalue weighted by Gasteiger charge is 2.30. The van der Waals surface area contributed by atoms with Gasteiger partial charge in [-0.3, -0.25) is 9.69 Å². The molecule has 0 bridgehead atoms. The van der Waals surface area contributed by atoms with Gasteiger partial charge in [0.05, 0.1) is 10.5 Å². The second kappa shape index (κ2) is 8.81. The first kappa shape index (κ1) is 19.8.